The van der Waals surface area contributed by atoms with Gasteiger partial charge in [-0.05, 0) is 69.4 Å². The molecule has 2 aliphatic rings. The molecule has 1 heterocycles. The molecule has 2 fully saturated rings. The van der Waals surface area contributed by atoms with Gasteiger partial charge in [-0.1, -0.05) is 24.6 Å². The minimum absolute atomic E-state index is 0.0744. The molecule has 0 aromatic heterocycles. The molecule has 0 spiro atoms. The number of unbranched alkanes of at least 4 members (excludes halogenated alkanes) is 1. The summed E-state index contributed by atoms with van der Waals surface area (Å²) in [6.07, 6.45) is 8.51. The van der Waals surface area contributed by atoms with Crippen molar-refractivity contribution < 1.29 is 26.7 Å². The van der Waals surface area contributed by atoms with Crippen molar-refractivity contribution in [2.75, 3.05) is 6.61 Å². The molecule has 1 saturated carbocycles. The standard InChI is InChI=1S/C24H31F5O/c1-2-5-16-8-13-21(30-15-16)18-9-11-19(24(28,29)14-18)7-4-3-6-17-10-12-20(25)23(27)22(17)26/h2,5,10,12,16,18-19,21H,3-4,6-9,11,13-15H2,1H3/b5-2+. The number of aryl methyl sites for hydroxylation is 1. The van der Waals surface area contributed by atoms with Gasteiger partial charge in [0.05, 0.1) is 12.7 Å². The highest BCUT2D eigenvalue weighted by molar-refractivity contribution is 5.20. The van der Waals surface area contributed by atoms with Crippen LogP contribution in [-0.2, 0) is 11.2 Å². The summed E-state index contributed by atoms with van der Waals surface area (Å²) >= 11 is 0. The van der Waals surface area contributed by atoms with Crippen LogP contribution in [0, 0.1) is 35.2 Å². The van der Waals surface area contributed by atoms with Gasteiger partial charge < -0.3 is 4.74 Å². The molecule has 1 aliphatic carbocycles. The van der Waals surface area contributed by atoms with Gasteiger partial charge in [-0.2, -0.15) is 0 Å². The van der Waals surface area contributed by atoms with Crippen LogP contribution in [-0.4, -0.2) is 18.6 Å². The minimum Gasteiger partial charge on any atom is -0.377 e. The second kappa shape index (κ2) is 10.3. The fraction of sp³-hybridized carbons (Fsp3) is 0.667. The first-order valence-corrected chi connectivity index (χ1v) is 11.1. The van der Waals surface area contributed by atoms with Crippen LogP contribution in [0.2, 0.25) is 0 Å². The Bertz CT molecular complexity index is 725. The normalized spacial score (nSPS) is 29.4. The molecule has 4 unspecified atom stereocenters. The Balaban J connectivity index is 1.43. The van der Waals surface area contributed by atoms with Crippen LogP contribution in [0.3, 0.4) is 0 Å². The first kappa shape index (κ1) is 23.2. The molecule has 1 saturated heterocycles. The third kappa shape index (κ3) is 5.63. The van der Waals surface area contributed by atoms with Gasteiger partial charge in [0.1, 0.15) is 0 Å². The molecule has 6 heteroatoms. The summed E-state index contributed by atoms with van der Waals surface area (Å²) in [5, 5.41) is 0. The molecule has 0 amide bonds. The number of allylic oxidation sites excluding steroid dienone is 1. The smallest absolute Gasteiger partial charge is 0.251 e. The number of ether oxygens (including phenoxy) is 1. The van der Waals surface area contributed by atoms with E-state index in [4.69, 9.17) is 4.74 Å². The van der Waals surface area contributed by atoms with Crippen molar-refractivity contribution in [3.63, 3.8) is 0 Å². The second-order valence-corrected chi connectivity index (χ2v) is 8.81. The summed E-state index contributed by atoms with van der Waals surface area (Å²) < 4.78 is 75.4. The number of benzene rings is 1. The molecule has 30 heavy (non-hydrogen) atoms. The Morgan fingerprint density at radius 1 is 1.03 bits per heavy atom. The average Bonchev–Trinajstić information content (AvgIpc) is 2.72. The Hall–Kier alpha value is -1.43. The van der Waals surface area contributed by atoms with Gasteiger partial charge in [-0.3, -0.25) is 0 Å². The zero-order chi connectivity index (χ0) is 21.7. The Morgan fingerprint density at radius 3 is 2.50 bits per heavy atom. The molecule has 0 bridgehead atoms. The fourth-order valence-corrected chi connectivity index (χ4v) is 4.97. The highest BCUT2D eigenvalue weighted by Crippen LogP contribution is 2.46. The van der Waals surface area contributed by atoms with E-state index in [1.165, 1.54) is 6.07 Å². The molecule has 1 aliphatic heterocycles. The van der Waals surface area contributed by atoms with Gasteiger partial charge in [-0.25, -0.2) is 22.0 Å². The van der Waals surface area contributed by atoms with Crippen LogP contribution < -0.4 is 0 Å². The van der Waals surface area contributed by atoms with E-state index in [0.29, 0.717) is 38.2 Å². The van der Waals surface area contributed by atoms with E-state index < -0.39 is 29.3 Å². The first-order chi connectivity index (χ1) is 14.3. The van der Waals surface area contributed by atoms with Crippen molar-refractivity contribution >= 4 is 0 Å². The summed E-state index contributed by atoms with van der Waals surface area (Å²) in [6.45, 7) is 2.59. The monoisotopic (exact) mass is 430 g/mol. The maximum Gasteiger partial charge on any atom is 0.251 e. The SMILES string of the molecule is C/C=C/C1CCC(C2CCC(CCCCc3ccc(F)c(F)c3F)C(F)(F)C2)OC1. The second-order valence-electron chi connectivity index (χ2n) is 8.81. The predicted molar refractivity (Wildman–Crippen MR) is 107 cm³/mol. The van der Waals surface area contributed by atoms with Gasteiger partial charge in [-0.15, -0.1) is 0 Å². The lowest BCUT2D eigenvalue weighted by molar-refractivity contribution is -0.138. The third-order valence-corrected chi connectivity index (χ3v) is 6.72. The largest absolute Gasteiger partial charge is 0.377 e. The maximum atomic E-state index is 14.8. The van der Waals surface area contributed by atoms with Crippen molar-refractivity contribution in [3.05, 3.63) is 47.3 Å². The lowest BCUT2D eigenvalue weighted by atomic mass is 9.73. The zero-order valence-corrected chi connectivity index (χ0v) is 17.5. The highest BCUT2D eigenvalue weighted by Gasteiger charge is 2.47. The first-order valence-electron chi connectivity index (χ1n) is 11.1. The molecule has 168 valence electrons. The molecule has 3 rings (SSSR count). The van der Waals surface area contributed by atoms with Gasteiger partial charge in [0.25, 0.3) is 5.92 Å². The number of halogens is 5. The zero-order valence-electron chi connectivity index (χ0n) is 17.5. The van der Waals surface area contributed by atoms with E-state index in [1.807, 2.05) is 13.0 Å². The molecule has 1 nitrogen and oxygen atoms in total. The number of alkyl halides is 2. The van der Waals surface area contributed by atoms with Gasteiger partial charge >= 0.3 is 0 Å². The van der Waals surface area contributed by atoms with Crippen molar-refractivity contribution in [2.45, 2.75) is 76.7 Å². The topological polar surface area (TPSA) is 9.23 Å². The van der Waals surface area contributed by atoms with E-state index >= 15 is 0 Å². The van der Waals surface area contributed by atoms with E-state index in [1.54, 1.807) is 0 Å². The number of hydrogen-bond acceptors (Lipinski definition) is 1. The molecule has 4 atom stereocenters. The lowest BCUT2D eigenvalue weighted by Gasteiger charge is -2.41. The summed E-state index contributed by atoms with van der Waals surface area (Å²) in [6, 6.07) is 2.12. The average molecular weight is 431 g/mol. The Morgan fingerprint density at radius 2 is 1.83 bits per heavy atom. The van der Waals surface area contributed by atoms with Gasteiger partial charge in [0, 0.05) is 18.3 Å². The quantitative estimate of drug-likeness (QED) is 0.192. The fourth-order valence-electron chi connectivity index (χ4n) is 4.97. The molecule has 0 N–H and O–H groups in total. The van der Waals surface area contributed by atoms with Crippen molar-refractivity contribution in [3.8, 4) is 0 Å². The van der Waals surface area contributed by atoms with Crippen LogP contribution >= 0.6 is 0 Å². The van der Waals surface area contributed by atoms with Crippen LogP contribution in [0.5, 0.6) is 0 Å². The van der Waals surface area contributed by atoms with Crippen molar-refractivity contribution in [1.82, 2.24) is 0 Å². The van der Waals surface area contributed by atoms with Crippen LogP contribution in [0.25, 0.3) is 0 Å². The van der Waals surface area contributed by atoms with Crippen LogP contribution in [0.1, 0.15) is 63.9 Å². The third-order valence-electron chi connectivity index (χ3n) is 6.72. The Labute approximate surface area is 175 Å². The van der Waals surface area contributed by atoms with E-state index in [2.05, 4.69) is 6.08 Å². The highest BCUT2D eigenvalue weighted by atomic mass is 19.3. The molecular weight excluding hydrogens is 399 g/mol. The van der Waals surface area contributed by atoms with Crippen LogP contribution in [0.15, 0.2) is 24.3 Å². The Kier molecular flexibility index (Phi) is 7.94. The molecule has 1 aromatic rings. The summed E-state index contributed by atoms with van der Waals surface area (Å²) in [5.74, 6) is -6.97. The van der Waals surface area contributed by atoms with Crippen LogP contribution in [0.4, 0.5) is 22.0 Å². The predicted octanol–water partition coefficient (Wildman–Crippen LogP) is 7.24. The van der Waals surface area contributed by atoms with E-state index in [0.717, 1.165) is 25.3 Å². The molecule has 1 aromatic carbocycles. The van der Waals surface area contributed by atoms with E-state index in [9.17, 15) is 22.0 Å². The summed E-state index contributed by atoms with van der Waals surface area (Å²) in [7, 11) is 0. The lowest BCUT2D eigenvalue weighted by Crippen LogP contribution is -2.42. The molecular formula is C24H31F5O. The number of rotatable bonds is 7. The van der Waals surface area contributed by atoms with Gasteiger partial charge in [0.15, 0.2) is 17.5 Å². The number of hydrogen-bond donors (Lipinski definition) is 0. The maximum absolute atomic E-state index is 14.8. The van der Waals surface area contributed by atoms with Gasteiger partial charge in [0.2, 0.25) is 0 Å². The van der Waals surface area contributed by atoms with Crippen molar-refractivity contribution in [1.29, 1.82) is 0 Å². The van der Waals surface area contributed by atoms with E-state index in [-0.39, 0.29) is 30.4 Å². The minimum atomic E-state index is -2.72. The summed E-state index contributed by atoms with van der Waals surface area (Å²) in [5.41, 5.74) is 0.0926. The molecule has 0 radical (unpaired) electrons. The summed E-state index contributed by atoms with van der Waals surface area (Å²) in [4.78, 5) is 0. The van der Waals surface area contributed by atoms with Crippen molar-refractivity contribution in [2.24, 2.45) is 17.8 Å².